The van der Waals surface area contributed by atoms with E-state index >= 15 is 0 Å². The zero-order valence-corrected chi connectivity index (χ0v) is 15.6. The molecule has 0 bridgehead atoms. The Bertz CT molecular complexity index is 913. The summed E-state index contributed by atoms with van der Waals surface area (Å²) in [5.41, 5.74) is 6.41. The molecular weight excluding hydrogens is 328 g/mol. The minimum absolute atomic E-state index is 0.0870. The third-order valence-electron chi connectivity index (χ3n) is 5.57. The second-order valence-electron chi connectivity index (χ2n) is 8.14. The first kappa shape index (κ1) is 16.8. The second kappa shape index (κ2) is 5.69. The van der Waals surface area contributed by atoms with Crippen LogP contribution in [-0.4, -0.2) is 40.0 Å². The van der Waals surface area contributed by atoms with Gasteiger partial charge >= 0.3 is 0 Å². The van der Waals surface area contributed by atoms with Gasteiger partial charge in [0.05, 0.1) is 5.69 Å². The number of carbonyl (C=O) groups is 2. The highest BCUT2D eigenvalue weighted by molar-refractivity contribution is 6.01. The summed E-state index contributed by atoms with van der Waals surface area (Å²) >= 11 is 0. The van der Waals surface area contributed by atoms with E-state index in [9.17, 15) is 9.59 Å². The van der Waals surface area contributed by atoms with Gasteiger partial charge in [-0.25, -0.2) is 0 Å². The number of aromatic nitrogens is 2. The average Bonchev–Trinajstić information content (AvgIpc) is 3.22. The van der Waals surface area contributed by atoms with Gasteiger partial charge in [-0.1, -0.05) is 19.9 Å². The van der Waals surface area contributed by atoms with Gasteiger partial charge in [0.25, 0.3) is 5.91 Å². The zero-order chi connectivity index (χ0) is 18.6. The molecule has 0 fully saturated rings. The molecule has 2 amide bonds. The van der Waals surface area contributed by atoms with Crippen LogP contribution < -0.4 is 5.32 Å². The lowest BCUT2D eigenvalue weighted by Crippen LogP contribution is -2.44. The van der Waals surface area contributed by atoms with E-state index in [1.165, 1.54) is 11.3 Å². The first-order valence-corrected chi connectivity index (χ1v) is 9.03. The summed E-state index contributed by atoms with van der Waals surface area (Å²) < 4.78 is 0. The Balaban J connectivity index is 1.66. The van der Waals surface area contributed by atoms with Crippen LogP contribution in [0.4, 0.5) is 0 Å². The fourth-order valence-electron chi connectivity index (χ4n) is 4.15. The summed E-state index contributed by atoms with van der Waals surface area (Å²) in [4.78, 5) is 26.2. The number of amides is 2. The molecule has 2 aliphatic rings. The minimum Gasteiger partial charge on any atom is -0.357 e. The standard InChI is InChI=1S/C20H24N4O2/c1-11(18(25)21-4)24-10-13-7-12(5-6-14(13)19(24)26)17-15-8-20(2,3)9-16(15)22-23-17/h5-7,11H,8-10H2,1-4H3,(H,21,25)(H,22,23)/t11-/m0/s1. The van der Waals surface area contributed by atoms with Crippen molar-refractivity contribution >= 4 is 11.8 Å². The third kappa shape index (κ3) is 2.52. The molecule has 6 nitrogen and oxygen atoms in total. The van der Waals surface area contributed by atoms with E-state index < -0.39 is 6.04 Å². The van der Waals surface area contributed by atoms with Gasteiger partial charge in [-0.05, 0) is 42.9 Å². The molecule has 0 spiro atoms. The molecule has 0 radical (unpaired) electrons. The molecule has 1 atom stereocenters. The molecule has 2 heterocycles. The highest BCUT2D eigenvalue weighted by Crippen LogP contribution is 2.40. The van der Waals surface area contributed by atoms with Crippen LogP contribution in [0.25, 0.3) is 11.3 Å². The number of hydrogen-bond acceptors (Lipinski definition) is 3. The number of nitrogens with one attached hydrogen (secondary N) is 2. The summed E-state index contributed by atoms with van der Waals surface area (Å²) in [6.45, 7) is 6.74. The van der Waals surface area contributed by atoms with Crippen LogP contribution in [0, 0.1) is 5.41 Å². The van der Waals surface area contributed by atoms with Crippen molar-refractivity contribution < 1.29 is 9.59 Å². The fourth-order valence-corrected chi connectivity index (χ4v) is 4.15. The Morgan fingerprint density at radius 2 is 2.12 bits per heavy atom. The largest absolute Gasteiger partial charge is 0.357 e. The van der Waals surface area contributed by atoms with Gasteiger partial charge in [0.2, 0.25) is 5.91 Å². The summed E-state index contributed by atoms with van der Waals surface area (Å²) in [7, 11) is 1.59. The van der Waals surface area contributed by atoms with Crippen LogP contribution in [0.15, 0.2) is 18.2 Å². The van der Waals surface area contributed by atoms with E-state index in [2.05, 4.69) is 29.4 Å². The van der Waals surface area contributed by atoms with Crippen LogP contribution >= 0.6 is 0 Å². The lowest BCUT2D eigenvalue weighted by atomic mass is 9.90. The van der Waals surface area contributed by atoms with E-state index in [1.807, 2.05) is 18.2 Å². The number of benzene rings is 1. The molecule has 0 saturated heterocycles. The molecule has 4 rings (SSSR count). The SMILES string of the molecule is CNC(=O)[C@H](C)N1Cc2cc(-c3n[nH]c4c3CC(C)(C)C4)ccc2C1=O. The monoisotopic (exact) mass is 352 g/mol. The molecule has 1 aliphatic carbocycles. The number of nitrogens with zero attached hydrogens (tertiary/aromatic N) is 2. The molecule has 2 N–H and O–H groups in total. The fraction of sp³-hybridized carbons (Fsp3) is 0.450. The molecule has 1 aromatic heterocycles. The predicted octanol–water partition coefficient (Wildman–Crippen LogP) is 2.29. The number of H-pyrrole nitrogens is 1. The Morgan fingerprint density at radius 3 is 2.85 bits per heavy atom. The molecule has 6 heteroatoms. The molecule has 26 heavy (non-hydrogen) atoms. The van der Waals surface area contributed by atoms with Gasteiger partial charge in [-0.3, -0.25) is 14.7 Å². The average molecular weight is 352 g/mol. The lowest BCUT2D eigenvalue weighted by Gasteiger charge is -2.22. The predicted molar refractivity (Wildman–Crippen MR) is 98.6 cm³/mol. The van der Waals surface area contributed by atoms with Gasteiger partial charge in [0, 0.05) is 36.0 Å². The number of hydrogen-bond donors (Lipinski definition) is 2. The molecule has 1 aliphatic heterocycles. The molecule has 0 saturated carbocycles. The van der Waals surface area contributed by atoms with E-state index in [1.54, 1.807) is 18.9 Å². The number of carbonyl (C=O) groups excluding carboxylic acids is 2. The first-order chi connectivity index (χ1) is 12.3. The first-order valence-electron chi connectivity index (χ1n) is 9.03. The van der Waals surface area contributed by atoms with Gasteiger partial charge in [0.15, 0.2) is 0 Å². The van der Waals surface area contributed by atoms with Crippen LogP contribution in [0.2, 0.25) is 0 Å². The van der Waals surface area contributed by atoms with Crippen molar-refractivity contribution in [2.24, 2.45) is 5.41 Å². The van der Waals surface area contributed by atoms with Crippen LogP contribution in [0.5, 0.6) is 0 Å². The van der Waals surface area contributed by atoms with Gasteiger partial charge < -0.3 is 10.2 Å². The van der Waals surface area contributed by atoms with Gasteiger partial charge in [0.1, 0.15) is 6.04 Å². The summed E-state index contributed by atoms with van der Waals surface area (Å²) in [6.07, 6.45) is 2.01. The Morgan fingerprint density at radius 1 is 1.35 bits per heavy atom. The maximum Gasteiger partial charge on any atom is 0.255 e. The quantitative estimate of drug-likeness (QED) is 0.890. The van der Waals surface area contributed by atoms with E-state index in [-0.39, 0.29) is 17.2 Å². The van der Waals surface area contributed by atoms with Crippen molar-refractivity contribution in [2.45, 2.75) is 46.2 Å². The van der Waals surface area contributed by atoms with Crippen molar-refractivity contribution in [1.29, 1.82) is 0 Å². The van der Waals surface area contributed by atoms with Gasteiger partial charge in [-0.2, -0.15) is 5.10 Å². The van der Waals surface area contributed by atoms with Crippen LogP contribution in [0.3, 0.4) is 0 Å². The van der Waals surface area contributed by atoms with Gasteiger partial charge in [-0.15, -0.1) is 0 Å². The lowest BCUT2D eigenvalue weighted by molar-refractivity contribution is -0.124. The molecule has 136 valence electrons. The minimum atomic E-state index is -0.487. The van der Waals surface area contributed by atoms with Crippen molar-refractivity contribution in [3.05, 3.63) is 40.6 Å². The molecule has 0 unspecified atom stereocenters. The summed E-state index contributed by atoms with van der Waals surface area (Å²) in [6, 6.07) is 5.39. The maximum atomic E-state index is 12.7. The van der Waals surface area contributed by atoms with E-state index in [0.717, 1.165) is 29.7 Å². The Hall–Kier alpha value is -2.63. The summed E-state index contributed by atoms with van der Waals surface area (Å²) in [5, 5.41) is 10.3. The van der Waals surface area contributed by atoms with E-state index in [4.69, 9.17) is 0 Å². The highest BCUT2D eigenvalue weighted by atomic mass is 16.2. The molecular formula is C20H24N4O2. The van der Waals surface area contributed by atoms with Crippen molar-refractivity contribution in [2.75, 3.05) is 7.05 Å². The smallest absolute Gasteiger partial charge is 0.255 e. The third-order valence-corrected chi connectivity index (χ3v) is 5.57. The number of fused-ring (bicyclic) bond motifs is 2. The summed E-state index contributed by atoms with van der Waals surface area (Å²) in [5.74, 6) is -0.241. The van der Waals surface area contributed by atoms with Crippen LogP contribution in [0.1, 0.15) is 48.0 Å². The van der Waals surface area contributed by atoms with Crippen LogP contribution in [-0.2, 0) is 24.2 Å². The highest BCUT2D eigenvalue weighted by Gasteiger charge is 2.35. The molecule has 1 aromatic carbocycles. The number of aromatic amines is 1. The maximum absolute atomic E-state index is 12.7. The number of rotatable bonds is 3. The van der Waals surface area contributed by atoms with E-state index in [0.29, 0.717) is 12.1 Å². The van der Waals surface area contributed by atoms with Crippen molar-refractivity contribution in [3.8, 4) is 11.3 Å². The number of likely N-dealkylation sites (N-methyl/N-ethyl adjacent to an activating group) is 1. The van der Waals surface area contributed by atoms with Crippen molar-refractivity contribution in [3.63, 3.8) is 0 Å². The topological polar surface area (TPSA) is 78.1 Å². The normalized spacial score (nSPS) is 18.6. The Kier molecular flexibility index (Phi) is 3.68. The second-order valence-corrected chi connectivity index (χ2v) is 8.14. The Labute approximate surface area is 153 Å². The molecule has 2 aromatic rings. The zero-order valence-electron chi connectivity index (χ0n) is 15.6. The van der Waals surface area contributed by atoms with Crippen molar-refractivity contribution in [1.82, 2.24) is 20.4 Å².